The Bertz CT molecular complexity index is 404. The number of aromatic nitrogens is 4. The highest BCUT2D eigenvalue weighted by Crippen LogP contribution is 2.05. The molecule has 0 unspecified atom stereocenters. The van der Waals surface area contributed by atoms with Crippen molar-refractivity contribution in [2.45, 2.75) is 5.88 Å². The van der Waals surface area contributed by atoms with Crippen LogP contribution >= 0.6 is 11.6 Å². The van der Waals surface area contributed by atoms with Gasteiger partial charge in [-0.05, 0) is 6.07 Å². The molecule has 0 aromatic carbocycles. The maximum atomic E-state index is 5.63. The topological polar surface area (TPSA) is 35.6 Å². The van der Waals surface area contributed by atoms with Gasteiger partial charge in [-0.15, -0.1) is 11.6 Å². The van der Waals surface area contributed by atoms with Crippen LogP contribution in [-0.2, 0) is 12.9 Å². The highest BCUT2D eigenvalue weighted by Gasteiger charge is 2.01. The molecule has 0 fully saturated rings. The number of alkyl halides is 1. The fraction of sp³-hybridized carbons (Fsp3) is 0.250. The number of hydrogen-bond acceptors (Lipinski definition) is 2. The molecule has 0 saturated carbocycles. The molecule has 0 aliphatic heterocycles. The van der Waals surface area contributed by atoms with Gasteiger partial charge in [0.15, 0.2) is 5.82 Å². The molecule has 2 aromatic heterocycles. The molecule has 0 radical (unpaired) electrons. The third kappa shape index (κ3) is 1.58. The number of aryl methyl sites for hydroxylation is 1. The second kappa shape index (κ2) is 3.22. The Balaban J connectivity index is 2.35. The average molecular weight is 197 g/mol. The van der Waals surface area contributed by atoms with Crippen molar-refractivity contribution < 1.29 is 0 Å². The second-order valence-electron chi connectivity index (χ2n) is 2.73. The zero-order valence-corrected chi connectivity index (χ0v) is 7.94. The fourth-order valence-electron chi connectivity index (χ4n) is 1.09. The van der Waals surface area contributed by atoms with Gasteiger partial charge < -0.3 is 0 Å². The van der Waals surface area contributed by atoms with Crippen molar-refractivity contribution in [1.29, 1.82) is 0 Å². The normalized spacial score (nSPS) is 10.6. The van der Waals surface area contributed by atoms with Gasteiger partial charge in [0.05, 0.1) is 11.6 Å². The van der Waals surface area contributed by atoms with Crippen LogP contribution in [0.25, 0.3) is 5.82 Å². The van der Waals surface area contributed by atoms with Crippen LogP contribution in [0.2, 0.25) is 0 Å². The molecule has 0 atom stereocenters. The maximum absolute atomic E-state index is 5.63. The second-order valence-corrected chi connectivity index (χ2v) is 3.00. The summed E-state index contributed by atoms with van der Waals surface area (Å²) in [6.45, 7) is 0. The van der Waals surface area contributed by atoms with E-state index in [2.05, 4.69) is 10.2 Å². The largest absolute Gasteiger partial charge is 0.274 e. The molecule has 4 nitrogen and oxygen atoms in total. The van der Waals surface area contributed by atoms with Crippen LogP contribution in [0, 0.1) is 0 Å². The molecule has 2 rings (SSSR count). The highest BCUT2D eigenvalue weighted by atomic mass is 35.5. The smallest absolute Gasteiger partial charge is 0.174 e. The molecule has 68 valence electrons. The molecule has 5 heteroatoms. The quantitative estimate of drug-likeness (QED) is 0.680. The van der Waals surface area contributed by atoms with Crippen LogP contribution in [0.5, 0.6) is 0 Å². The molecule has 0 saturated heterocycles. The summed E-state index contributed by atoms with van der Waals surface area (Å²) in [4.78, 5) is 0. The van der Waals surface area contributed by atoms with E-state index in [-0.39, 0.29) is 0 Å². The Morgan fingerprint density at radius 2 is 2.15 bits per heavy atom. The first kappa shape index (κ1) is 8.31. The van der Waals surface area contributed by atoms with Crippen molar-refractivity contribution in [3.63, 3.8) is 0 Å². The van der Waals surface area contributed by atoms with Gasteiger partial charge >= 0.3 is 0 Å². The average Bonchev–Trinajstić information content (AvgIpc) is 2.71. The first-order valence-electron chi connectivity index (χ1n) is 3.90. The molecule has 0 bridgehead atoms. The van der Waals surface area contributed by atoms with E-state index < -0.39 is 0 Å². The monoisotopic (exact) mass is 196 g/mol. The van der Waals surface area contributed by atoms with Gasteiger partial charge in [0.1, 0.15) is 0 Å². The van der Waals surface area contributed by atoms with E-state index in [0.717, 1.165) is 11.5 Å². The molecule has 2 heterocycles. The molecule has 0 spiro atoms. The van der Waals surface area contributed by atoms with Crippen LogP contribution in [0.3, 0.4) is 0 Å². The first-order valence-corrected chi connectivity index (χ1v) is 4.43. The minimum atomic E-state index is 0.430. The standard InChI is InChI=1S/C8H9ClN4/c1-12-4-3-8(11-12)13-5-2-7(6-9)10-13/h2-5H,6H2,1H3. The van der Waals surface area contributed by atoms with Crippen molar-refractivity contribution in [1.82, 2.24) is 19.6 Å². The first-order chi connectivity index (χ1) is 6.29. The fourth-order valence-corrected chi connectivity index (χ4v) is 1.23. The van der Waals surface area contributed by atoms with Crippen LogP contribution in [0.1, 0.15) is 5.69 Å². The van der Waals surface area contributed by atoms with E-state index in [1.807, 2.05) is 31.6 Å². The molecular weight excluding hydrogens is 188 g/mol. The highest BCUT2D eigenvalue weighted by molar-refractivity contribution is 6.16. The van der Waals surface area contributed by atoms with E-state index in [1.54, 1.807) is 9.36 Å². The summed E-state index contributed by atoms with van der Waals surface area (Å²) in [5.74, 6) is 1.23. The van der Waals surface area contributed by atoms with Crippen LogP contribution in [0.15, 0.2) is 24.5 Å². The van der Waals surface area contributed by atoms with Crippen LogP contribution in [0.4, 0.5) is 0 Å². The van der Waals surface area contributed by atoms with E-state index in [0.29, 0.717) is 5.88 Å². The lowest BCUT2D eigenvalue weighted by Crippen LogP contribution is -1.98. The third-order valence-corrected chi connectivity index (χ3v) is 1.99. The Hall–Kier alpha value is -1.29. The van der Waals surface area contributed by atoms with E-state index in [4.69, 9.17) is 11.6 Å². The summed E-state index contributed by atoms with van der Waals surface area (Å²) < 4.78 is 3.44. The van der Waals surface area contributed by atoms with Gasteiger partial charge in [-0.25, -0.2) is 4.68 Å². The van der Waals surface area contributed by atoms with E-state index in [9.17, 15) is 0 Å². The molecule has 0 N–H and O–H groups in total. The van der Waals surface area contributed by atoms with Gasteiger partial charge in [0, 0.05) is 25.5 Å². The minimum absolute atomic E-state index is 0.430. The molecule has 0 aliphatic rings. The Labute approximate surface area is 80.7 Å². The lowest BCUT2D eigenvalue weighted by Gasteiger charge is -1.93. The third-order valence-electron chi connectivity index (χ3n) is 1.72. The summed E-state index contributed by atoms with van der Waals surface area (Å²) in [5, 5.41) is 8.42. The lowest BCUT2D eigenvalue weighted by atomic mass is 10.5. The summed E-state index contributed by atoms with van der Waals surface area (Å²) in [6.07, 6.45) is 3.72. The predicted octanol–water partition coefficient (Wildman–Crippen LogP) is 1.34. The number of halogens is 1. The molecular formula is C8H9ClN4. The summed E-state index contributed by atoms with van der Waals surface area (Å²) in [7, 11) is 1.87. The van der Waals surface area contributed by atoms with Crippen LogP contribution in [-0.4, -0.2) is 19.6 Å². The van der Waals surface area contributed by atoms with Crippen molar-refractivity contribution in [3.8, 4) is 5.82 Å². The Morgan fingerprint density at radius 1 is 1.31 bits per heavy atom. The van der Waals surface area contributed by atoms with E-state index in [1.165, 1.54) is 0 Å². The molecule has 0 amide bonds. The number of nitrogens with zero attached hydrogens (tertiary/aromatic N) is 4. The van der Waals surface area contributed by atoms with Gasteiger partial charge in [0.2, 0.25) is 0 Å². The Kier molecular flexibility index (Phi) is 2.06. The SMILES string of the molecule is Cn1ccc(-n2ccc(CCl)n2)n1. The van der Waals surface area contributed by atoms with Gasteiger partial charge in [-0.2, -0.15) is 10.2 Å². The van der Waals surface area contributed by atoms with Crippen molar-refractivity contribution in [2.75, 3.05) is 0 Å². The van der Waals surface area contributed by atoms with E-state index >= 15 is 0 Å². The number of rotatable bonds is 2. The van der Waals surface area contributed by atoms with Crippen LogP contribution < -0.4 is 0 Å². The zero-order chi connectivity index (χ0) is 9.26. The summed E-state index contributed by atoms with van der Waals surface area (Å²) >= 11 is 5.63. The maximum Gasteiger partial charge on any atom is 0.174 e. The summed E-state index contributed by atoms with van der Waals surface area (Å²) in [5.41, 5.74) is 0.854. The predicted molar refractivity (Wildman–Crippen MR) is 49.9 cm³/mol. The van der Waals surface area contributed by atoms with Crippen molar-refractivity contribution >= 4 is 11.6 Å². The Morgan fingerprint density at radius 3 is 2.69 bits per heavy atom. The minimum Gasteiger partial charge on any atom is -0.274 e. The van der Waals surface area contributed by atoms with Gasteiger partial charge in [-0.3, -0.25) is 4.68 Å². The van der Waals surface area contributed by atoms with Crippen molar-refractivity contribution in [3.05, 3.63) is 30.2 Å². The van der Waals surface area contributed by atoms with Gasteiger partial charge in [-0.1, -0.05) is 0 Å². The molecule has 2 aromatic rings. The molecule has 0 aliphatic carbocycles. The summed E-state index contributed by atoms with van der Waals surface area (Å²) in [6, 6.07) is 3.77. The number of hydrogen-bond donors (Lipinski definition) is 0. The van der Waals surface area contributed by atoms with Crippen molar-refractivity contribution in [2.24, 2.45) is 7.05 Å². The van der Waals surface area contributed by atoms with Gasteiger partial charge in [0.25, 0.3) is 0 Å². The zero-order valence-electron chi connectivity index (χ0n) is 7.18. The lowest BCUT2D eigenvalue weighted by molar-refractivity contribution is 0.728. The molecule has 13 heavy (non-hydrogen) atoms.